The van der Waals surface area contributed by atoms with Crippen molar-refractivity contribution < 1.29 is 19.1 Å². The molecule has 1 aliphatic heterocycles. The summed E-state index contributed by atoms with van der Waals surface area (Å²) in [6.45, 7) is 8.96. The van der Waals surface area contributed by atoms with Crippen LogP contribution in [0.1, 0.15) is 30.1 Å². The van der Waals surface area contributed by atoms with E-state index in [9.17, 15) is 9.90 Å². The Kier molecular flexibility index (Phi) is 5.94. The maximum atomic E-state index is 11.6. The van der Waals surface area contributed by atoms with E-state index in [1.807, 2.05) is 30.3 Å². The van der Waals surface area contributed by atoms with Gasteiger partial charge in [-0.25, -0.2) is 9.78 Å². The van der Waals surface area contributed by atoms with Crippen LogP contribution in [0.15, 0.2) is 34.7 Å². The molecule has 146 valence electrons. The summed E-state index contributed by atoms with van der Waals surface area (Å²) < 4.78 is 11.2. The van der Waals surface area contributed by atoms with Gasteiger partial charge in [0, 0.05) is 44.4 Å². The van der Waals surface area contributed by atoms with Gasteiger partial charge in [-0.2, -0.15) is 0 Å². The van der Waals surface area contributed by atoms with E-state index in [4.69, 9.17) is 9.15 Å². The number of oxazole rings is 1. The van der Waals surface area contributed by atoms with Gasteiger partial charge >= 0.3 is 5.97 Å². The first-order valence-corrected chi connectivity index (χ1v) is 9.15. The van der Waals surface area contributed by atoms with Crippen LogP contribution in [-0.4, -0.2) is 71.3 Å². The summed E-state index contributed by atoms with van der Waals surface area (Å²) in [7, 11) is 1.72. The fourth-order valence-electron chi connectivity index (χ4n) is 3.49. The van der Waals surface area contributed by atoms with Gasteiger partial charge in [0.25, 0.3) is 0 Å². The lowest BCUT2D eigenvalue weighted by molar-refractivity contribution is -0.000399. The molecule has 0 aliphatic carbocycles. The van der Waals surface area contributed by atoms with Crippen LogP contribution in [0.4, 0.5) is 0 Å². The number of hydrogen-bond donors (Lipinski definition) is 1. The fraction of sp³-hybridized carbons (Fsp3) is 0.500. The molecule has 0 amide bonds. The van der Waals surface area contributed by atoms with E-state index < -0.39 is 5.97 Å². The molecule has 0 saturated carbocycles. The number of ether oxygens (including phenoxy) is 1. The SMILES string of the molecule is COCC(C)(C)N1CCN(Cc2oc(-c3ccccc3)nc2C(=O)O)CC1. The summed E-state index contributed by atoms with van der Waals surface area (Å²) >= 11 is 0. The summed E-state index contributed by atoms with van der Waals surface area (Å²) in [6, 6.07) is 9.37. The number of carboxylic acids is 1. The number of nitrogens with zero attached hydrogens (tertiary/aromatic N) is 3. The molecule has 0 unspecified atom stereocenters. The zero-order valence-corrected chi connectivity index (χ0v) is 16.1. The molecular weight excluding hydrogens is 346 g/mol. The van der Waals surface area contributed by atoms with Gasteiger partial charge < -0.3 is 14.3 Å². The topological polar surface area (TPSA) is 79.0 Å². The van der Waals surface area contributed by atoms with E-state index >= 15 is 0 Å². The Balaban J connectivity index is 1.69. The molecule has 27 heavy (non-hydrogen) atoms. The third kappa shape index (κ3) is 4.55. The lowest BCUT2D eigenvalue weighted by Gasteiger charge is -2.43. The Morgan fingerprint density at radius 1 is 1.22 bits per heavy atom. The molecule has 7 nitrogen and oxygen atoms in total. The molecule has 1 fully saturated rings. The molecule has 1 aromatic heterocycles. The summed E-state index contributed by atoms with van der Waals surface area (Å²) in [6.07, 6.45) is 0. The standard InChI is InChI=1S/C20H27N3O4/c1-20(2,14-26-3)23-11-9-22(10-12-23)13-16-17(19(24)25)21-18(27-16)15-7-5-4-6-8-15/h4-8H,9-14H2,1-3H3,(H,24,25). The number of aromatic nitrogens is 1. The van der Waals surface area contributed by atoms with Crippen LogP contribution in [0.5, 0.6) is 0 Å². The Morgan fingerprint density at radius 3 is 2.48 bits per heavy atom. The molecule has 2 heterocycles. The number of carbonyl (C=O) groups is 1. The molecule has 0 radical (unpaired) electrons. The Morgan fingerprint density at radius 2 is 1.89 bits per heavy atom. The van der Waals surface area contributed by atoms with Crippen LogP contribution >= 0.6 is 0 Å². The average molecular weight is 373 g/mol. The highest BCUT2D eigenvalue weighted by molar-refractivity contribution is 5.87. The van der Waals surface area contributed by atoms with Crippen molar-refractivity contribution in [3.63, 3.8) is 0 Å². The molecule has 7 heteroatoms. The van der Waals surface area contributed by atoms with Gasteiger partial charge in [0.05, 0.1) is 13.2 Å². The van der Waals surface area contributed by atoms with Crippen LogP contribution in [0, 0.1) is 0 Å². The first-order valence-electron chi connectivity index (χ1n) is 9.15. The Hall–Kier alpha value is -2.22. The van der Waals surface area contributed by atoms with Crippen LogP contribution in [0.2, 0.25) is 0 Å². The van der Waals surface area contributed by atoms with Gasteiger partial charge in [0.2, 0.25) is 5.89 Å². The summed E-state index contributed by atoms with van der Waals surface area (Å²) in [5.41, 5.74) is 0.758. The monoisotopic (exact) mass is 373 g/mol. The second-order valence-corrected chi connectivity index (χ2v) is 7.47. The highest BCUT2D eigenvalue weighted by Gasteiger charge is 2.31. The van der Waals surface area contributed by atoms with Crippen LogP contribution in [0.3, 0.4) is 0 Å². The average Bonchev–Trinajstić information content (AvgIpc) is 3.07. The number of rotatable bonds is 7. The van der Waals surface area contributed by atoms with E-state index in [2.05, 4.69) is 28.6 Å². The smallest absolute Gasteiger partial charge is 0.358 e. The fourth-order valence-corrected chi connectivity index (χ4v) is 3.49. The first-order chi connectivity index (χ1) is 12.9. The number of hydrogen-bond acceptors (Lipinski definition) is 6. The van der Waals surface area contributed by atoms with Crippen LogP contribution in [0.25, 0.3) is 11.5 Å². The quantitative estimate of drug-likeness (QED) is 0.799. The van der Waals surface area contributed by atoms with Crippen molar-refractivity contribution in [2.24, 2.45) is 0 Å². The van der Waals surface area contributed by atoms with E-state index in [0.717, 1.165) is 31.7 Å². The third-order valence-corrected chi connectivity index (χ3v) is 5.01. The van der Waals surface area contributed by atoms with E-state index in [0.29, 0.717) is 24.8 Å². The number of methoxy groups -OCH3 is 1. The van der Waals surface area contributed by atoms with Crippen molar-refractivity contribution in [3.8, 4) is 11.5 Å². The van der Waals surface area contributed by atoms with Crippen LogP contribution < -0.4 is 0 Å². The van der Waals surface area contributed by atoms with Crippen molar-refractivity contribution in [2.45, 2.75) is 25.9 Å². The van der Waals surface area contributed by atoms with Gasteiger partial charge in [-0.05, 0) is 26.0 Å². The highest BCUT2D eigenvalue weighted by atomic mass is 16.5. The maximum absolute atomic E-state index is 11.6. The summed E-state index contributed by atoms with van der Waals surface area (Å²) in [5, 5.41) is 9.50. The summed E-state index contributed by atoms with van der Waals surface area (Å²) in [5.74, 6) is -0.301. The Labute approximate surface area is 159 Å². The van der Waals surface area contributed by atoms with Crippen molar-refractivity contribution >= 4 is 5.97 Å². The second-order valence-electron chi connectivity index (χ2n) is 7.47. The number of aromatic carboxylic acids is 1. The molecule has 1 aliphatic rings. The van der Waals surface area contributed by atoms with E-state index in [-0.39, 0.29) is 11.2 Å². The number of benzene rings is 1. The van der Waals surface area contributed by atoms with Crippen molar-refractivity contribution in [1.82, 2.24) is 14.8 Å². The largest absolute Gasteiger partial charge is 0.476 e. The predicted octanol–water partition coefficient (Wildman–Crippen LogP) is 2.58. The molecule has 0 atom stereocenters. The molecule has 0 bridgehead atoms. The number of carboxylic acid groups (broad SMARTS) is 1. The molecule has 1 N–H and O–H groups in total. The molecule has 1 saturated heterocycles. The lowest BCUT2D eigenvalue weighted by Crippen LogP contribution is -2.56. The molecule has 1 aromatic carbocycles. The second kappa shape index (κ2) is 8.21. The molecule has 2 aromatic rings. The van der Waals surface area contributed by atoms with Gasteiger partial charge in [-0.3, -0.25) is 9.80 Å². The minimum atomic E-state index is -1.06. The van der Waals surface area contributed by atoms with Crippen molar-refractivity contribution in [2.75, 3.05) is 39.9 Å². The van der Waals surface area contributed by atoms with E-state index in [1.54, 1.807) is 7.11 Å². The van der Waals surface area contributed by atoms with Gasteiger partial charge in [0.15, 0.2) is 11.5 Å². The third-order valence-electron chi connectivity index (χ3n) is 5.01. The normalized spacial score (nSPS) is 16.6. The minimum absolute atomic E-state index is 0.00371. The van der Waals surface area contributed by atoms with Crippen molar-refractivity contribution in [3.05, 3.63) is 41.8 Å². The molecular formula is C20H27N3O4. The first kappa shape index (κ1) is 19.5. The van der Waals surface area contributed by atoms with Gasteiger partial charge in [-0.15, -0.1) is 0 Å². The zero-order valence-electron chi connectivity index (χ0n) is 16.1. The minimum Gasteiger partial charge on any atom is -0.476 e. The number of piperazine rings is 1. The molecule has 0 spiro atoms. The Bertz CT molecular complexity index is 765. The highest BCUT2D eigenvalue weighted by Crippen LogP contribution is 2.24. The van der Waals surface area contributed by atoms with Gasteiger partial charge in [0.1, 0.15) is 0 Å². The maximum Gasteiger partial charge on any atom is 0.358 e. The zero-order chi connectivity index (χ0) is 19.4. The van der Waals surface area contributed by atoms with Crippen LogP contribution in [-0.2, 0) is 11.3 Å². The lowest BCUT2D eigenvalue weighted by atomic mass is 10.0. The van der Waals surface area contributed by atoms with Gasteiger partial charge in [-0.1, -0.05) is 18.2 Å². The summed E-state index contributed by atoms with van der Waals surface area (Å²) in [4.78, 5) is 20.4. The van der Waals surface area contributed by atoms with E-state index in [1.165, 1.54) is 0 Å². The van der Waals surface area contributed by atoms with Crippen molar-refractivity contribution in [1.29, 1.82) is 0 Å². The predicted molar refractivity (Wildman–Crippen MR) is 102 cm³/mol. The molecule has 3 rings (SSSR count).